The summed E-state index contributed by atoms with van der Waals surface area (Å²) >= 11 is 7.71. The molecule has 0 radical (unpaired) electrons. The highest BCUT2D eigenvalue weighted by molar-refractivity contribution is 7.99. The van der Waals surface area contributed by atoms with E-state index in [4.69, 9.17) is 11.6 Å². The second-order valence-corrected chi connectivity index (χ2v) is 6.56. The SMILES string of the molecule is Cc1nnc(SC(c2ccccc2)c2ccc(Cl)cc2)n1C. The highest BCUT2D eigenvalue weighted by Gasteiger charge is 2.19. The largest absolute Gasteiger partial charge is 0.309 e. The van der Waals surface area contributed by atoms with Gasteiger partial charge in [-0.1, -0.05) is 65.8 Å². The summed E-state index contributed by atoms with van der Waals surface area (Å²) in [6.07, 6.45) is 0. The Kier molecular flexibility index (Phi) is 4.50. The minimum atomic E-state index is 0.153. The van der Waals surface area contributed by atoms with Gasteiger partial charge in [0, 0.05) is 12.1 Å². The Balaban J connectivity index is 1.99. The van der Waals surface area contributed by atoms with E-state index in [1.54, 1.807) is 11.8 Å². The summed E-state index contributed by atoms with van der Waals surface area (Å²) in [7, 11) is 1.99. The number of aromatic nitrogens is 3. The van der Waals surface area contributed by atoms with Crippen LogP contribution in [0, 0.1) is 6.92 Å². The van der Waals surface area contributed by atoms with Crippen LogP contribution in [-0.4, -0.2) is 14.8 Å². The van der Waals surface area contributed by atoms with Crippen LogP contribution in [-0.2, 0) is 7.05 Å². The maximum Gasteiger partial charge on any atom is 0.191 e. The van der Waals surface area contributed by atoms with Crippen LogP contribution in [0.4, 0.5) is 0 Å². The van der Waals surface area contributed by atoms with E-state index in [0.717, 1.165) is 16.0 Å². The number of nitrogens with zero attached hydrogens (tertiary/aromatic N) is 3. The third kappa shape index (κ3) is 3.18. The van der Waals surface area contributed by atoms with Crippen molar-refractivity contribution in [2.24, 2.45) is 7.05 Å². The fraction of sp³-hybridized carbons (Fsp3) is 0.176. The highest BCUT2D eigenvalue weighted by atomic mass is 35.5. The van der Waals surface area contributed by atoms with Gasteiger partial charge in [-0.05, 0) is 30.2 Å². The maximum atomic E-state index is 6.02. The van der Waals surface area contributed by atoms with E-state index in [1.165, 1.54) is 11.1 Å². The van der Waals surface area contributed by atoms with Crippen molar-refractivity contribution in [3.8, 4) is 0 Å². The second-order valence-electron chi connectivity index (χ2n) is 5.05. The molecule has 3 nitrogen and oxygen atoms in total. The average Bonchev–Trinajstić information content (AvgIpc) is 2.86. The van der Waals surface area contributed by atoms with Gasteiger partial charge in [0.2, 0.25) is 0 Å². The summed E-state index contributed by atoms with van der Waals surface area (Å²) in [5, 5.41) is 10.2. The number of thioether (sulfide) groups is 1. The number of hydrogen-bond donors (Lipinski definition) is 0. The Morgan fingerprint density at radius 2 is 1.59 bits per heavy atom. The van der Waals surface area contributed by atoms with Gasteiger partial charge in [-0.2, -0.15) is 0 Å². The number of benzene rings is 2. The molecule has 1 atom stereocenters. The van der Waals surface area contributed by atoms with Crippen molar-refractivity contribution < 1.29 is 0 Å². The molecule has 112 valence electrons. The molecule has 1 heterocycles. The average molecular weight is 330 g/mol. The third-order valence-electron chi connectivity index (χ3n) is 3.55. The molecule has 22 heavy (non-hydrogen) atoms. The van der Waals surface area contributed by atoms with Gasteiger partial charge in [0.05, 0.1) is 5.25 Å². The van der Waals surface area contributed by atoms with E-state index >= 15 is 0 Å². The molecule has 0 saturated heterocycles. The molecule has 0 spiro atoms. The fourth-order valence-electron chi connectivity index (χ4n) is 2.19. The molecule has 0 amide bonds. The zero-order valence-electron chi connectivity index (χ0n) is 12.4. The molecule has 0 saturated carbocycles. The predicted molar refractivity (Wildman–Crippen MR) is 91.3 cm³/mol. The van der Waals surface area contributed by atoms with Crippen molar-refractivity contribution in [2.45, 2.75) is 17.3 Å². The lowest BCUT2D eigenvalue weighted by Crippen LogP contribution is -2.00. The molecule has 1 aromatic heterocycles. The van der Waals surface area contributed by atoms with Crippen molar-refractivity contribution in [3.05, 3.63) is 76.6 Å². The minimum absolute atomic E-state index is 0.153. The summed E-state index contributed by atoms with van der Waals surface area (Å²) in [6.45, 7) is 1.96. The molecule has 0 aliphatic carbocycles. The molecule has 0 aliphatic heterocycles. The smallest absolute Gasteiger partial charge is 0.191 e. The molecule has 0 fully saturated rings. The van der Waals surface area contributed by atoms with E-state index in [1.807, 2.05) is 36.7 Å². The molecule has 2 aromatic carbocycles. The first-order valence-electron chi connectivity index (χ1n) is 6.98. The van der Waals surface area contributed by atoms with Gasteiger partial charge in [0.1, 0.15) is 5.82 Å². The summed E-state index contributed by atoms with van der Waals surface area (Å²) in [6, 6.07) is 18.4. The van der Waals surface area contributed by atoms with E-state index in [0.29, 0.717) is 0 Å². The summed E-state index contributed by atoms with van der Waals surface area (Å²) < 4.78 is 2.01. The fourth-order valence-corrected chi connectivity index (χ4v) is 3.49. The predicted octanol–water partition coefficient (Wildman–Crippen LogP) is 4.66. The first-order chi connectivity index (χ1) is 10.6. The van der Waals surface area contributed by atoms with Crippen LogP contribution in [0.2, 0.25) is 5.02 Å². The summed E-state index contributed by atoms with van der Waals surface area (Å²) in [5.41, 5.74) is 2.43. The van der Waals surface area contributed by atoms with Crippen LogP contribution in [0.5, 0.6) is 0 Å². The van der Waals surface area contributed by atoms with Crippen LogP contribution in [0.1, 0.15) is 22.2 Å². The summed E-state index contributed by atoms with van der Waals surface area (Å²) in [5.74, 6) is 0.908. The van der Waals surface area contributed by atoms with E-state index in [9.17, 15) is 0 Å². The molecule has 0 bridgehead atoms. The number of halogens is 1. The van der Waals surface area contributed by atoms with Crippen molar-refractivity contribution >= 4 is 23.4 Å². The van der Waals surface area contributed by atoms with Crippen LogP contribution in [0.25, 0.3) is 0 Å². The third-order valence-corrected chi connectivity index (χ3v) is 5.15. The van der Waals surface area contributed by atoms with Gasteiger partial charge in [-0.25, -0.2) is 0 Å². The molecular formula is C17H16ClN3S. The Labute approximate surface area is 139 Å². The van der Waals surface area contributed by atoms with E-state index in [2.05, 4.69) is 46.6 Å². The van der Waals surface area contributed by atoms with E-state index < -0.39 is 0 Å². The van der Waals surface area contributed by atoms with Crippen molar-refractivity contribution in [1.29, 1.82) is 0 Å². The molecule has 1 unspecified atom stereocenters. The first kappa shape index (κ1) is 15.1. The molecule has 0 aliphatic rings. The van der Waals surface area contributed by atoms with Crippen LogP contribution in [0.15, 0.2) is 59.8 Å². The van der Waals surface area contributed by atoms with Crippen molar-refractivity contribution in [3.63, 3.8) is 0 Å². The molecule has 5 heteroatoms. The minimum Gasteiger partial charge on any atom is -0.309 e. The summed E-state index contributed by atoms with van der Waals surface area (Å²) in [4.78, 5) is 0. The lowest BCUT2D eigenvalue weighted by molar-refractivity contribution is 0.763. The first-order valence-corrected chi connectivity index (χ1v) is 8.24. The van der Waals surface area contributed by atoms with Crippen LogP contribution < -0.4 is 0 Å². The quantitative estimate of drug-likeness (QED) is 0.652. The van der Waals surface area contributed by atoms with Gasteiger partial charge < -0.3 is 4.57 Å². The topological polar surface area (TPSA) is 30.7 Å². The van der Waals surface area contributed by atoms with Gasteiger partial charge in [-0.3, -0.25) is 0 Å². The van der Waals surface area contributed by atoms with Crippen molar-refractivity contribution in [1.82, 2.24) is 14.8 Å². The standard InChI is InChI=1S/C17H16ClN3S/c1-12-19-20-17(21(12)2)22-16(13-6-4-3-5-7-13)14-8-10-15(18)11-9-14/h3-11,16H,1-2H3. The molecule has 0 N–H and O–H groups in total. The Morgan fingerprint density at radius 3 is 2.18 bits per heavy atom. The van der Waals surface area contributed by atoms with Gasteiger partial charge in [0.15, 0.2) is 5.16 Å². The maximum absolute atomic E-state index is 6.02. The second kappa shape index (κ2) is 6.55. The van der Waals surface area contributed by atoms with Gasteiger partial charge >= 0.3 is 0 Å². The normalized spacial score (nSPS) is 12.3. The van der Waals surface area contributed by atoms with E-state index in [-0.39, 0.29) is 5.25 Å². The zero-order chi connectivity index (χ0) is 15.5. The molecular weight excluding hydrogens is 314 g/mol. The van der Waals surface area contributed by atoms with Crippen molar-refractivity contribution in [2.75, 3.05) is 0 Å². The number of aryl methyl sites for hydroxylation is 1. The Bertz CT molecular complexity index is 753. The monoisotopic (exact) mass is 329 g/mol. The zero-order valence-corrected chi connectivity index (χ0v) is 14.0. The number of rotatable bonds is 4. The Hall–Kier alpha value is -1.78. The van der Waals surface area contributed by atoms with Gasteiger partial charge in [-0.15, -0.1) is 10.2 Å². The lowest BCUT2D eigenvalue weighted by Gasteiger charge is -2.17. The van der Waals surface area contributed by atoms with Gasteiger partial charge in [0.25, 0.3) is 0 Å². The Morgan fingerprint density at radius 1 is 0.955 bits per heavy atom. The highest BCUT2D eigenvalue weighted by Crippen LogP contribution is 2.39. The molecule has 3 rings (SSSR count). The molecule has 3 aromatic rings. The number of hydrogen-bond acceptors (Lipinski definition) is 3. The lowest BCUT2D eigenvalue weighted by atomic mass is 10.0. The van der Waals surface area contributed by atoms with Crippen LogP contribution >= 0.6 is 23.4 Å². The van der Waals surface area contributed by atoms with Crippen LogP contribution in [0.3, 0.4) is 0 Å².